The summed E-state index contributed by atoms with van der Waals surface area (Å²) in [5.74, 6) is -0.429. The van der Waals surface area contributed by atoms with Crippen LogP contribution in [-0.4, -0.2) is 18.6 Å². The van der Waals surface area contributed by atoms with Crippen LogP contribution in [-0.2, 0) is 9.53 Å². The molecule has 1 unspecified atom stereocenters. The van der Waals surface area contributed by atoms with Gasteiger partial charge in [0.2, 0.25) is 0 Å². The van der Waals surface area contributed by atoms with Crippen molar-refractivity contribution in [3.8, 4) is 0 Å². The van der Waals surface area contributed by atoms with Crippen LogP contribution < -0.4 is 10.6 Å². The molecule has 0 radical (unpaired) electrons. The summed E-state index contributed by atoms with van der Waals surface area (Å²) in [5, 5.41) is 5.93. The summed E-state index contributed by atoms with van der Waals surface area (Å²) >= 11 is 5.87. The second-order valence-corrected chi connectivity index (χ2v) is 5.19. The van der Waals surface area contributed by atoms with Gasteiger partial charge < -0.3 is 15.4 Å². The number of nitrogens with one attached hydrogen (secondary N) is 2. The summed E-state index contributed by atoms with van der Waals surface area (Å²) in [4.78, 5) is 23.9. The van der Waals surface area contributed by atoms with Crippen LogP contribution in [0.4, 0.5) is 4.79 Å². The molecule has 1 aliphatic rings. The number of ether oxygens (including phenoxy) is 1. The van der Waals surface area contributed by atoms with Crippen molar-refractivity contribution in [1.82, 2.24) is 10.6 Å². The van der Waals surface area contributed by atoms with E-state index in [-0.39, 0.29) is 6.03 Å². The molecule has 2 N–H and O–H groups in total. The Morgan fingerprint density at radius 2 is 2.00 bits per heavy atom. The van der Waals surface area contributed by atoms with E-state index in [1.807, 2.05) is 6.92 Å². The summed E-state index contributed by atoms with van der Waals surface area (Å²) < 4.78 is 5.20. The fraction of sp³-hybridized carbons (Fsp3) is 0.333. The predicted molar refractivity (Wildman–Crippen MR) is 79.8 cm³/mol. The summed E-state index contributed by atoms with van der Waals surface area (Å²) in [7, 11) is 0. The second kappa shape index (κ2) is 6.63. The van der Waals surface area contributed by atoms with Crippen LogP contribution >= 0.6 is 11.6 Å². The Labute approximate surface area is 128 Å². The Morgan fingerprint density at radius 3 is 2.62 bits per heavy atom. The molecule has 0 bridgehead atoms. The predicted octanol–water partition coefficient (Wildman–Crippen LogP) is 2.92. The lowest BCUT2D eigenvalue weighted by molar-refractivity contribution is -0.139. The summed E-state index contributed by atoms with van der Waals surface area (Å²) in [5.41, 5.74) is 1.68. The van der Waals surface area contributed by atoms with E-state index < -0.39 is 12.0 Å². The van der Waals surface area contributed by atoms with Gasteiger partial charge in [0, 0.05) is 10.7 Å². The smallest absolute Gasteiger partial charge is 0.338 e. The Morgan fingerprint density at radius 1 is 1.33 bits per heavy atom. The molecular weight excluding hydrogens is 292 g/mol. The zero-order valence-electron chi connectivity index (χ0n) is 11.9. The fourth-order valence-corrected chi connectivity index (χ4v) is 2.27. The van der Waals surface area contributed by atoms with Gasteiger partial charge in [-0.1, -0.05) is 30.7 Å². The Hall–Kier alpha value is -2.01. The maximum Gasteiger partial charge on any atom is 0.338 e. The van der Waals surface area contributed by atoms with Gasteiger partial charge in [-0.15, -0.1) is 0 Å². The second-order valence-electron chi connectivity index (χ2n) is 4.76. The molecule has 0 aromatic heterocycles. The highest BCUT2D eigenvalue weighted by Crippen LogP contribution is 2.28. The molecule has 112 valence electrons. The van der Waals surface area contributed by atoms with Crippen molar-refractivity contribution < 1.29 is 14.3 Å². The maximum atomic E-state index is 12.2. The molecule has 1 atom stereocenters. The molecule has 0 spiro atoms. The van der Waals surface area contributed by atoms with Crippen LogP contribution in [0.15, 0.2) is 35.5 Å². The highest BCUT2D eigenvalue weighted by atomic mass is 35.5. The van der Waals surface area contributed by atoms with E-state index in [4.69, 9.17) is 16.3 Å². The number of esters is 1. The third-order valence-corrected chi connectivity index (χ3v) is 3.38. The Kier molecular flexibility index (Phi) is 4.85. The molecule has 2 rings (SSSR count). The lowest BCUT2D eigenvalue weighted by atomic mass is 9.96. The number of amides is 2. The average molecular weight is 309 g/mol. The lowest BCUT2D eigenvalue weighted by Crippen LogP contribution is -2.45. The Balaban J connectivity index is 2.35. The molecule has 0 saturated heterocycles. The van der Waals surface area contributed by atoms with Gasteiger partial charge in [0.1, 0.15) is 0 Å². The van der Waals surface area contributed by atoms with Crippen LogP contribution in [0.25, 0.3) is 0 Å². The van der Waals surface area contributed by atoms with Crippen LogP contribution in [0.3, 0.4) is 0 Å². The summed E-state index contributed by atoms with van der Waals surface area (Å²) in [6, 6.07) is 6.10. The van der Waals surface area contributed by atoms with Crippen molar-refractivity contribution in [2.24, 2.45) is 0 Å². The quantitative estimate of drug-likeness (QED) is 0.840. The van der Waals surface area contributed by atoms with Gasteiger partial charge in [0.05, 0.1) is 18.2 Å². The molecule has 1 aromatic carbocycles. The number of hydrogen-bond acceptors (Lipinski definition) is 3. The van der Waals surface area contributed by atoms with E-state index in [0.29, 0.717) is 22.9 Å². The van der Waals surface area contributed by atoms with Gasteiger partial charge in [-0.05, 0) is 31.0 Å². The molecule has 0 fully saturated rings. The monoisotopic (exact) mass is 308 g/mol. The first-order valence-electron chi connectivity index (χ1n) is 6.73. The van der Waals surface area contributed by atoms with Crippen molar-refractivity contribution in [1.29, 1.82) is 0 Å². The normalized spacial score (nSPS) is 18.0. The average Bonchev–Trinajstić information content (AvgIpc) is 2.44. The van der Waals surface area contributed by atoms with E-state index in [1.54, 1.807) is 31.2 Å². The highest BCUT2D eigenvalue weighted by Gasteiger charge is 2.31. The molecule has 1 aromatic rings. The van der Waals surface area contributed by atoms with Crippen molar-refractivity contribution >= 4 is 23.6 Å². The molecule has 1 aliphatic heterocycles. The fourth-order valence-electron chi connectivity index (χ4n) is 2.14. The third-order valence-electron chi connectivity index (χ3n) is 3.13. The van der Waals surface area contributed by atoms with Gasteiger partial charge in [-0.25, -0.2) is 9.59 Å². The standard InChI is InChI=1S/C15H17ClN2O3/c1-3-8-21-14(19)12-9(2)17-15(20)18-13(12)10-4-6-11(16)7-5-10/h4-7,13H,3,8H2,1-2H3,(H2,17,18,20). The first kappa shape index (κ1) is 15.4. The minimum atomic E-state index is -0.541. The van der Waals surface area contributed by atoms with Crippen LogP contribution in [0.5, 0.6) is 0 Å². The van der Waals surface area contributed by atoms with Crippen molar-refractivity contribution in [2.75, 3.05) is 6.61 Å². The van der Waals surface area contributed by atoms with Gasteiger partial charge in [0.25, 0.3) is 0 Å². The molecule has 1 heterocycles. The van der Waals surface area contributed by atoms with E-state index in [2.05, 4.69) is 10.6 Å². The number of allylic oxidation sites excluding steroid dienone is 1. The minimum Gasteiger partial charge on any atom is -0.462 e. The number of carbonyl (C=O) groups is 2. The molecule has 0 aliphatic carbocycles. The number of carbonyl (C=O) groups excluding carboxylic acids is 2. The Bertz CT molecular complexity index is 581. The van der Waals surface area contributed by atoms with E-state index >= 15 is 0 Å². The van der Waals surface area contributed by atoms with Crippen LogP contribution in [0.2, 0.25) is 5.02 Å². The van der Waals surface area contributed by atoms with Gasteiger partial charge in [-0.3, -0.25) is 0 Å². The van der Waals surface area contributed by atoms with Gasteiger partial charge >= 0.3 is 12.0 Å². The number of rotatable bonds is 4. The lowest BCUT2D eigenvalue weighted by Gasteiger charge is -2.28. The van der Waals surface area contributed by atoms with Crippen molar-refractivity contribution in [3.05, 3.63) is 46.1 Å². The zero-order valence-corrected chi connectivity index (χ0v) is 12.7. The topological polar surface area (TPSA) is 67.4 Å². The van der Waals surface area contributed by atoms with Crippen LogP contribution in [0, 0.1) is 0 Å². The SMILES string of the molecule is CCCOC(=O)C1=C(C)NC(=O)NC1c1ccc(Cl)cc1. The first-order chi connectivity index (χ1) is 10.0. The molecule has 2 amide bonds. The van der Waals surface area contributed by atoms with E-state index in [0.717, 1.165) is 12.0 Å². The molecule has 5 nitrogen and oxygen atoms in total. The molecule has 6 heteroatoms. The maximum absolute atomic E-state index is 12.2. The summed E-state index contributed by atoms with van der Waals surface area (Å²) in [6.45, 7) is 3.95. The highest BCUT2D eigenvalue weighted by molar-refractivity contribution is 6.30. The molecular formula is C15H17ClN2O3. The van der Waals surface area contributed by atoms with Crippen LogP contribution in [0.1, 0.15) is 31.9 Å². The van der Waals surface area contributed by atoms with Crippen molar-refractivity contribution in [2.45, 2.75) is 26.3 Å². The van der Waals surface area contributed by atoms with E-state index in [1.165, 1.54) is 0 Å². The number of urea groups is 1. The molecule has 21 heavy (non-hydrogen) atoms. The number of halogens is 1. The van der Waals surface area contributed by atoms with Crippen molar-refractivity contribution in [3.63, 3.8) is 0 Å². The number of benzene rings is 1. The van der Waals surface area contributed by atoms with E-state index in [9.17, 15) is 9.59 Å². The zero-order chi connectivity index (χ0) is 15.4. The molecule has 0 saturated carbocycles. The third kappa shape index (κ3) is 3.55. The largest absolute Gasteiger partial charge is 0.462 e. The van der Waals surface area contributed by atoms with Gasteiger partial charge in [0.15, 0.2) is 0 Å². The number of hydrogen-bond donors (Lipinski definition) is 2. The van der Waals surface area contributed by atoms with Gasteiger partial charge in [-0.2, -0.15) is 0 Å². The minimum absolute atomic E-state index is 0.344. The first-order valence-corrected chi connectivity index (χ1v) is 7.11. The summed E-state index contributed by atoms with van der Waals surface area (Å²) in [6.07, 6.45) is 0.740.